The summed E-state index contributed by atoms with van der Waals surface area (Å²) in [4.78, 5) is 11.0. The average Bonchev–Trinajstić information content (AvgIpc) is 2.29. The molecule has 2 rings (SSSR count). The highest BCUT2D eigenvalue weighted by molar-refractivity contribution is 5.72. The lowest BCUT2D eigenvalue weighted by Gasteiger charge is -2.17. The van der Waals surface area contributed by atoms with E-state index in [1.165, 1.54) is 13.4 Å². The minimum atomic E-state index is -0.357. The molecule has 0 saturated carbocycles. The maximum Gasteiger partial charge on any atom is 0.313 e. The molecule has 1 aliphatic heterocycles. The summed E-state index contributed by atoms with van der Waals surface area (Å²) in [5.41, 5.74) is 0. The zero-order chi connectivity index (χ0) is 10.7. The van der Waals surface area contributed by atoms with Crippen LogP contribution in [0.4, 0.5) is 0 Å². The van der Waals surface area contributed by atoms with E-state index in [4.69, 9.17) is 9.47 Å². The molecule has 4 nitrogen and oxygen atoms in total. The molecule has 0 aliphatic carbocycles. The highest BCUT2D eigenvalue weighted by atomic mass is 16.6. The van der Waals surface area contributed by atoms with Crippen LogP contribution in [0.5, 0.6) is 11.5 Å². The van der Waals surface area contributed by atoms with Crippen molar-refractivity contribution in [2.75, 3.05) is 7.11 Å². The third-order valence-electron chi connectivity index (χ3n) is 1.95. The van der Waals surface area contributed by atoms with Gasteiger partial charge in [-0.1, -0.05) is 12.1 Å². The first-order chi connectivity index (χ1) is 7.29. The van der Waals surface area contributed by atoms with E-state index in [9.17, 15) is 4.79 Å². The van der Waals surface area contributed by atoms with E-state index in [1.807, 2.05) is 12.1 Å². The molecule has 0 saturated heterocycles. The van der Waals surface area contributed by atoms with Crippen LogP contribution in [0.1, 0.15) is 6.42 Å². The Morgan fingerprint density at radius 2 is 2.07 bits per heavy atom. The molecule has 1 heterocycles. The Kier molecular flexibility index (Phi) is 2.58. The molecule has 0 amide bonds. The second-order valence-electron chi connectivity index (χ2n) is 3.00. The lowest BCUT2D eigenvalue weighted by atomic mass is 10.3. The van der Waals surface area contributed by atoms with Gasteiger partial charge in [-0.15, -0.1) is 0 Å². The maximum atomic E-state index is 11.0. The van der Waals surface area contributed by atoms with Crippen molar-refractivity contribution in [2.24, 2.45) is 0 Å². The van der Waals surface area contributed by atoms with Crippen LogP contribution in [-0.2, 0) is 9.53 Å². The number of fused-ring (bicyclic) bond motifs is 1. The minimum Gasteiger partial charge on any atom is -0.469 e. The normalized spacial score (nSPS) is 13.0. The van der Waals surface area contributed by atoms with Gasteiger partial charge >= 0.3 is 5.97 Å². The van der Waals surface area contributed by atoms with Gasteiger partial charge in [-0.3, -0.25) is 4.79 Å². The molecule has 0 spiro atoms. The number of benzene rings is 1. The Bertz CT molecular complexity index is 409. The number of carbonyl (C=O) groups excluding carboxylic acids is 1. The first-order valence-electron chi connectivity index (χ1n) is 4.49. The number of esters is 1. The summed E-state index contributed by atoms with van der Waals surface area (Å²) >= 11 is 0. The van der Waals surface area contributed by atoms with Crippen LogP contribution in [0, 0.1) is 0 Å². The van der Waals surface area contributed by atoms with Crippen molar-refractivity contribution in [1.82, 2.24) is 0 Å². The number of ether oxygens (including phenoxy) is 3. The van der Waals surface area contributed by atoms with Gasteiger partial charge in [0, 0.05) is 0 Å². The molecule has 4 heteroatoms. The summed E-state index contributed by atoms with van der Waals surface area (Å²) in [6, 6.07) is 7.25. The predicted molar refractivity (Wildman–Crippen MR) is 52.4 cm³/mol. The van der Waals surface area contributed by atoms with Crippen molar-refractivity contribution in [3.8, 4) is 11.5 Å². The van der Waals surface area contributed by atoms with Crippen molar-refractivity contribution in [1.29, 1.82) is 0 Å². The highest BCUT2D eigenvalue weighted by Gasteiger charge is 2.16. The van der Waals surface area contributed by atoms with E-state index in [-0.39, 0.29) is 12.4 Å². The molecule has 1 aromatic rings. The van der Waals surface area contributed by atoms with Crippen LogP contribution in [0.15, 0.2) is 36.3 Å². The van der Waals surface area contributed by atoms with Gasteiger partial charge in [0.15, 0.2) is 17.3 Å². The quantitative estimate of drug-likeness (QED) is 0.693. The Morgan fingerprint density at radius 3 is 2.80 bits per heavy atom. The van der Waals surface area contributed by atoms with Crippen molar-refractivity contribution < 1.29 is 19.0 Å². The monoisotopic (exact) mass is 206 g/mol. The summed E-state index contributed by atoms with van der Waals surface area (Å²) in [7, 11) is 1.33. The maximum absolute atomic E-state index is 11.0. The van der Waals surface area contributed by atoms with Gasteiger partial charge in [-0.05, 0) is 12.1 Å². The predicted octanol–water partition coefficient (Wildman–Crippen LogP) is 1.86. The second kappa shape index (κ2) is 4.04. The molecule has 78 valence electrons. The van der Waals surface area contributed by atoms with E-state index >= 15 is 0 Å². The van der Waals surface area contributed by atoms with Crippen LogP contribution >= 0.6 is 0 Å². The zero-order valence-corrected chi connectivity index (χ0v) is 8.23. The summed E-state index contributed by atoms with van der Waals surface area (Å²) in [6.07, 6.45) is 1.49. The molecular weight excluding hydrogens is 196 g/mol. The first kappa shape index (κ1) is 9.58. The van der Waals surface area contributed by atoms with Crippen molar-refractivity contribution in [3.05, 3.63) is 36.3 Å². The number of para-hydroxylation sites is 2. The smallest absolute Gasteiger partial charge is 0.313 e. The van der Waals surface area contributed by atoms with Gasteiger partial charge < -0.3 is 14.2 Å². The summed E-state index contributed by atoms with van der Waals surface area (Å²) in [5.74, 6) is 1.34. The lowest BCUT2D eigenvalue weighted by Crippen LogP contribution is -2.10. The molecule has 1 aromatic carbocycles. The van der Waals surface area contributed by atoms with Crippen LogP contribution in [-0.4, -0.2) is 13.1 Å². The summed E-state index contributed by atoms with van der Waals surface area (Å²) in [5, 5.41) is 0. The molecule has 0 radical (unpaired) electrons. The number of hydrogen-bond donors (Lipinski definition) is 0. The van der Waals surface area contributed by atoms with Crippen molar-refractivity contribution >= 4 is 5.97 Å². The zero-order valence-electron chi connectivity index (χ0n) is 8.23. The molecule has 1 aliphatic rings. The molecule has 0 bridgehead atoms. The highest BCUT2D eigenvalue weighted by Crippen LogP contribution is 2.32. The fourth-order valence-corrected chi connectivity index (χ4v) is 1.22. The average molecular weight is 206 g/mol. The van der Waals surface area contributed by atoms with Crippen molar-refractivity contribution in [3.63, 3.8) is 0 Å². The van der Waals surface area contributed by atoms with Gasteiger partial charge in [0.05, 0.1) is 7.11 Å². The van der Waals surface area contributed by atoms with Crippen molar-refractivity contribution in [2.45, 2.75) is 6.42 Å². The number of methoxy groups -OCH3 is 1. The molecular formula is C11H10O4. The second-order valence-corrected chi connectivity index (χ2v) is 3.00. The fraction of sp³-hybridized carbons (Fsp3) is 0.182. The summed E-state index contributed by atoms with van der Waals surface area (Å²) in [6.45, 7) is 0. The topological polar surface area (TPSA) is 44.8 Å². The third kappa shape index (κ3) is 2.10. The molecule has 0 fully saturated rings. The van der Waals surface area contributed by atoms with Crippen LogP contribution in [0.25, 0.3) is 0 Å². The SMILES string of the molecule is COC(=O)CC1=COc2ccccc2O1. The summed E-state index contributed by atoms with van der Waals surface area (Å²) < 4.78 is 15.3. The Balaban J connectivity index is 2.09. The molecule has 0 aromatic heterocycles. The standard InChI is InChI=1S/C11H10O4/c1-13-11(12)6-8-7-14-9-4-2-3-5-10(9)15-8/h2-5,7H,6H2,1H3. The number of carbonyl (C=O) groups is 1. The van der Waals surface area contributed by atoms with E-state index in [0.717, 1.165) is 0 Å². The van der Waals surface area contributed by atoms with E-state index in [0.29, 0.717) is 17.3 Å². The molecule has 0 unspecified atom stereocenters. The van der Waals surface area contributed by atoms with E-state index in [1.54, 1.807) is 12.1 Å². The Hall–Kier alpha value is -1.97. The largest absolute Gasteiger partial charge is 0.469 e. The van der Waals surface area contributed by atoms with Crippen LogP contribution < -0.4 is 9.47 Å². The molecule has 15 heavy (non-hydrogen) atoms. The Labute approximate surface area is 87.1 Å². The first-order valence-corrected chi connectivity index (χ1v) is 4.49. The molecule has 0 N–H and O–H groups in total. The van der Waals surface area contributed by atoms with Gasteiger partial charge in [0.25, 0.3) is 0 Å². The molecule has 0 atom stereocenters. The van der Waals surface area contributed by atoms with Gasteiger partial charge in [-0.2, -0.15) is 0 Å². The van der Waals surface area contributed by atoms with E-state index < -0.39 is 0 Å². The van der Waals surface area contributed by atoms with Gasteiger partial charge in [0.2, 0.25) is 0 Å². The number of hydrogen-bond acceptors (Lipinski definition) is 4. The van der Waals surface area contributed by atoms with Gasteiger partial charge in [0.1, 0.15) is 12.7 Å². The Morgan fingerprint density at radius 1 is 1.33 bits per heavy atom. The number of rotatable bonds is 2. The van der Waals surface area contributed by atoms with Crippen LogP contribution in [0.2, 0.25) is 0 Å². The van der Waals surface area contributed by atoms with Crippen LogP contribution in [0.3, 0.4) is 0 Å². The third-order valence-corrected chi connectivity index (χ3v) is 1.95. The fourth-order valence-electron chi connectivity index (χ4n) is 1.22. The van der Waals surface area contributed by atoms with Gasteiger partial charge in [-0.25, -0.2) is 0 Å². The lowest BCUT2D eigenvalue weighted by molar-refractivity contribution is -0.140. The van der Waals surface area contributed by atoms with E-state index in [2.05, 4.69) is 4.74 Å². The minimum absolute atomic E-state index is 0.0742.